The minimum absolute atomic E-state index is 0.199. The van der Waals surface area contributed by atoms with Crippen LogP contribution in [0.25, 0.3) is 0 Å². The number of alkyl halides is 1. The Morgan fingerprint density at radius 3 is 2.65 bits per heavy atom. The largest absolute Gasteiger partial charge is 0.466 e. The molecule has 3 nitrogen and oxygen atoms in total. The highest BCUT2D eigenvalue weighted by molar-refractivity contribution is 6.18. The van der Waals surface area contributed by atoms with E-state index in [1.54, 1.807) is 6.92 Å². The molecule has 1 aromatic rings. The van der Waals surface area contributed by atoms with Crippen LogP contribution in [0.5, 0.6) is 0 Å². The van der Waals surface area contributed by atoms with E-state index in [0.717, 1.165) is 5.56 Å². The van der Waals surface area contributed by atoms with Gasteiger partial charge in [-0.2, -0.15) is 0 Å². The van der Waals surface area contributed by atoms with Gasteiger partial charge in [-0.15, -0.1) is 11.6 Å². The first-order chi connectivity index (χ1) is 8.26. The monoisotopic (exact) mass is 256 g/mol. The molecule has 0 aliphatic rings. The zero-order valence-electron chi connectivity index (χ0n) is 9.90. The van der Waals surface area contributed by atoms with E-state index in [9.17, 15) is 4.79 Å². The molecule has 0 saturated heterocycles. The van der Waals surface area contributed by atoms with Crippen LogP contribution in [-0.4, -0.2) is 24.6 Å². The van der Waals surface area contributed by atoms with Crippen molar-refractivity contribution in [2.45, 2.75) is 26.1 Å². The fourth-order valence-corrected chi connectivity index (χ4v) is 1.55. The second-order valence-electron chi connectivity index (χ2n) is 3.58. The van der Waals surface area contributed by atoms with Crippen molar-refractivity contribution in [2.24, 2.45) is 0 Å². The molecule has 1 atom stereocenters. The first-order valence-corrected chi connectivity index (χ1v) is 6.16. The zero-order chi connectivity index (χ0) is 12.5. The van der Waals surface area contributed by atoms with E-state index in [1.807, 2.05) is 30.3 Å². The summed E-state index contributed by atoms with van der Waals surface area (Å²) < 4.78 is 10.4. The van der Waals surface area contributed by atoms with Crippen molar-refractivity contribution in [1.82, 2.24) is 0 Å². The van der Waals surface area contributed by atoms with Crippen LogP contribution in [0, 0.1) is 0 Å². The van der Waals surface area contributed by atoms with Gasteiger partial charge in [0.2, 0.25) is 0 Å². The number of carbonyl (C=O) groups excluding carboxylic acids is 1. The first kappa shape index (κ1) is 14.0. The van der Waals surface area contributed by atoms with Crippen LogP contribution in [0.15, 0.2) is 30.3 Å². The molecular weight excluding hydrogens is 240 g/mol. The lowest BCUT2D eigenvalue weighted by Gasteiger charge is -2.14. The minimum atomic E-state index is -0.295. The molecule has 94 valence electrons. The summed E-state index contributed by atoms with van der Waals surface area (Å²) in [6.45, 7) is 2.61. The third-order valence-electron chi connectivity index (χ3n) is 2.20. The van der Waals surface area contributed by atoms with E-state index in [0.29, 0.717) is 13.2 Å². The van der Waals surface area contributed by atoms with Crippen LogP contribution in [-0.2, 0) is 20.9 Å². The number of ether oxygens (including phenoxy) is 2. The molecule has 0 fully saturated rings. The van der Waals surface area contributed by atoms with Crippen molar-refractivity contribution < 1.29 is 14.3 Å². The summed E-state index contributed by atoms with van der Waals surface area (Å²) in [6.07, 6.45) is -0.0969. The molecule has 4 heteroatoms. The van der Waals surface area contributed by atoms with Crippen molar-refractivity contribution in [3.05, 3.63) is 35.9 Å². The Morgan fingerprint density at radius 2 is 2.06 bits per heavy atom. The van der Waals surface area contributed by atoms with Crippen molar-refractivity contribution >= 4 is 17.6 Å². The molecule has 0 amide bonds. The Bertz CT molecular complexity index is 327. The van der Waals surface area contributed by atoms with Gasteiger partial charge in [0.25, 0.3) is 0 Å². The molecule has 0 heterocycles. The van der Waals surface area contributed by atoms with E-state index < -0.39 is 0 Å². The summed E-state index contributed by atoms with van der Waals surface area (Å²) in [7, 11) is 0. The van der Waals surface area contributed by atoms with Crippen molar-refractivity contribution in [2.75, 3.05) is 12.5 Å². The molecule has 0 N–H and O–H groups in total. The summed E-state index contributed by atoms with van der Waals surface area (Å²) >= 11 is 5.75. The maximum absolute atomic E-state index is 11.3. The fraction of sp³-hybridized carbons (Fsp3) is 0.462. The number of hydrogen-bond acceptors (Lipinski definition) is 3. The molecule has 17 heavy (non-hydrogen) atoms. The molecule has 0 aromatic heterocycles. The van der Waals surface area contributed by atoms with Crippen molar-refractivity contribution in [3.63, 3.8) is 0 Å². The number of esters is 1. The SMILES string of the molecule is CCOC(=O)C[C@H](CCl)OCc1ccccc1. The summed E-state index contributed by atoms with van der Waals surface area (Å²) in [5.41, 5.74) is 1.06. The molecule has 0 spiro atoms. The number of benzene rings is 1. The molecule has 0 saturated carbocycles. The van der Waals surface area contributed by atoms with Crippen LogP contribution in [0.2, 0.25) is 0 Å². The Morgan fingerprint density at radius 1 is 1.35 bits per heavy atom. The van der Waals surface area contributed by atoms with Gasteiger partial charge in [-0.3, -0.25) is 4.79 Å². The van der Waals surface area contributed by atoms with E-state index in [1.165, 1.54) is 0 Å². The lowest BCUT2D eigenvalue weighted by atomic mass is 10.2. The summed E-state index contributed by atoms with van der Waals surface area (Å²) in [5.74, 6) is 0.0114. The maximum Gasteiger partial charge on any atom is 0.308 e. The van der Waals surface area contributed by atoms with Crippen LogP contribution in [0.4, 0.5) is 0 Å². The fourth-order valence-electron chi connectivity index (χ4n) is 1.35. The number of rotatable bonds is 7. The highest BCUT2D eigenvalue weighted by atomic mass is 35.5. The van der Waals surface area contributed by atoms with E-state index in [2.05, 4.69) is 0 Å². The lowest BCUT2D eigenvalue weighted by molar-refractivity contribution is -0.146. The van der Waals surface area contributed by atoms with Crippen molar-refractivity contribution in [3.8, 4) is 0 Å². The van der Waals surface area contributed by atoms with E-state index >= 15 is 0 Å². The maximum atomic E-state index is 11.3. The van der Waals surface area contributed by atoms with E-state index in [4.69, 9.17) is 21.1 Å². The average Bonchev–Trinajstić information content (AvgIpc) is 2.36. The predicted octanol–water partition coefficient (Wildman–Crippen LogP) is 2.76. The van der Waals surface area contributed by atoms with Gasteiger partial charge in [0.05, 0.1) is 25.7 Å². The van der Waals surface area contributed by atoms with Gasteiger partial charge in [-0.25, -0.2) is 0 Å². The Hall–Kier alpha value is -1.06. The summed E-state index contributed by atoms with van der Waals surface area (Å²) in [6, 6.07) is 9.77. The molecule has 0 aliphatic heterocycles. The second-order valence-corrected chi connectivity index (χ2v) is 3.89. The van der Waals surface area contributed by atoms with Crippen LogP contribution in [0.3, 0.4) is 0 Å². The van der Waals surface area contributed by atoms with Gasteiger partial charge >= 0.3 is 5.97 Å². The third kappa shape index (κ3) is 5.71. The quantitative estimate of drug-likeness (QED) is 0.556. The average molecular weight is 257 g/mol. The molecule has 1 aromatic carbocycles. The van der Waals surface area contributed by atoms with Crippen LogP contribution in [0.1, 0.15) is 18.9 Å². The molecular formula is C13H17ClO3. The molecule has 0 bridgehead atoms. The predicted molar refractivity (Wildman–Crippen MR) is 67.0 cm³/mol. The van der Waals surface area contributed by atoms with Gasteiger partial charge in [-0.05, 0) is 12.5 Å². The van der Waals surface area contributed by atoms with Crippen molar-refractivity contribution in [1.29, 1.82) is 0 Å². The normalized spacial score (nSPS) is 12.1. The highest BCUT2D eigenvalue weighted by Gasteiger charge is 2.14. The number of carbonyl (C=O) groups is 1. The topological polar surface area (TPSA) is 35.5 Å². The smallest absolute Gasteiger partial charge is 0.308 e. The van der Waals surface area contributed by atoms with Gasteiger partial charge in [0.15, 0.2) is 0 Å². The Kier molecular flexibility index (Phi) is 6.67. The Labute approximate surface area is 107 Å². The lowest BCUT2D eigenvalue weighted by Crippen LogP contribution is -2.21. The van der Waals surface area contributed by atoms with Crippen LogP contribution >= 0.6 is 11.6 Å². The van der Waals surface area contributed by atoms with Gasteiger partial charge in [0.1, 0.15) is 0 Å². The second kappa shape index (κ2) is 8.09. The number of hydrogen-bond donors (Lipinski definition) is 0. The standard InChI is InChI=1S/C13H17ClO3/c1-2-16-13(15)8-12(9-14)17-10-11-6-4-3-5-7-11/h3-7,12H,2,8-10H2,1H3/t12-/m1/s1. The van der Waals surface area contributed by atoms with Gasteiger partial charge < -0.3 is 9.47 Å². The minimum Gasteiger partial charge on any atom is -0.466 e. The van der Waals surface area contributed by atoms with E-state index in [-0.39, 0.29) is 24.4 Å². The van der Waals surface area contributed by atoms with Crippen LogP contribution < -0.4 is 0 Å². The summed E-state index contributed by atoms with van der Waals surface area (Å²) in [5, 5.41) is 0. The molecule has 1 rings (SSSR count). The van der Waals surface area contributed by atoms with Gasteiger partial charge in [0, 0.05) is 5.88 Å². The first-order valence-electron chi connectivity index (χ1n) is 5.63. The third-order valence-corrected chi connectivity index (χ3v) is 2.54. The number of halogens is 1. The summed E-state index contributed by atoms with van der Waals surface area (Å²) in [4.78, 5) is 11.3. The van der Waals surface area contributed by atoms with Gasteiger partial charge in [-0.1, -0.05) is 30.3 Å². The molecule has 0 radical (unpaired) electrons. The zero-order valence-corrected chi connectivity index (χ0v) is 10.7. The Balaban J connectivity index is 2.34. The molecule has 0 unspecified atom stereocenters. The molecule has 0 aliphatic carbocycles. The highest BCUT2D eigenvalue weighted by Crippen LogP contribution is 2.08.